The molecule has 0 aliphatic carbocycles. The molecular weight excluding hydrogens is 456 g/mol. The van der Waals surface area contributed by atoms with Crippen LogP contribution < -0.4 is 19.6 Å². The molecule has 0 saturated carbocycles. The number of benzene rings is 2. The van der Waals surface area contributed by atoms with E-state index in [4.69, 9.17) is 18.9 Å². The summed E-state index contributed by atoms with van der Waals surface area (Å²) in [5, 5.41) is 15.7. The number of morpholine rings is 1. The summed E-state index contributed by atoms with van der Waals surface area (Å²) in [6, 6.07) is 6.88. The summed E-state index contributed by atoms with van der Waals surface area (Å²) >= 11 is 0. The van der Waals surface area contributed by atoms with Crippen LogP contribution in [0.1, 0.15) is 5.56 Å². The fraction of sp³-hybridized carbons (Fsp3) is 0.350. The number of methoxy groups -OCH3 is 3. The van der Waals surface area contributed by atoms with Gasteiger partial charge in [-0.1, -0.05) is 0 Å². The molecule has 33 heavy (non-hydrogen) atoms. The number of hydrazone groups is 1. The Hall–Kier alpha value is -3.42. The molecule has 0 unspecified atom stereocenters. The van der Waals surface area contributed by atoms with Gasteiger partial charge in [-0.15, -0.1) is 0 Å². The largest absolute Gasteiger partial charge is 0.496 e. The zero-order valence-corrected chi connectivity index (χ0v) is 19.1. The van der Waals surface area contributed by atoms with Crippen LogP contribution in [0.2, 0.25) is 0 Å². The average Bonchev–Trinajstić information content (AvgIpc) is 2.84. The van der Waals surface area contributed by atoms with Gasteiger partial charge in [-0.3, -0.25) is 15.5 Å². The van der Waals surface area contributed by atoms with Crippen molar-refractivity contribution in [3.05, 3.63) is 46.0 Å². The molecule has 3 rings (SSSR count). The molecular formula is C20H24N4O8S. The Morgan fingerprint density at radius 3 is 2.27 bits per heavy atom. The van der Waals surface area contributed by atoms with Gasteiger partial charge in [0.05, 0.1) is 56.1 Å². The van der Waals surface area contributed by atoms with Crippen LogP contribution >= 0.6 is 0 Å². The number of sulfonamides is 1. The molecule has 1 N–H and O–H groups in total. The van der Waals surface area contributed by atoms with Gasteiger partial charge < -0.3 is 18.9 Å². The van der Waals surface area contributed by atoms with Crippen molar-refractivity contribution in [2.75, 3.05) is 53.1 Å². The normalized spacial score (nSPS) is 14.8. The molecule has 0 bridgehead atoms. The van der Waals surface area contributed by atoms with Crippen molar-refractivity contribution in [2.45, 2.75) is 4.90 Å². The number of nitrogens with zero attached hydrogens (tertiary/aromatic N) is 3. The Morgan fingerprint density at radius 1 is 1.09 bits per heavy atom. The van der Waals surface area contributed by atoms with Gasteiger partial charge in [0.1, 0.15) is 22.9 Å². The molecule has 0 aromatic heterocycles. The highest BCUT2D eigenvalue weighted by Crippen LogP contribution is 2.33. The van der Waals surface area contributed by atoms with Crippen molar-refractivity contribution in [2.24, 2.45) is 5.10 Å². The fourth-order valence-electron chi connectivity index (χ4n) is 3.18. The molecule has 0 spiro atoms. The number of nitro benzene ring substituents is 1. The summed E-state index contributed by atoms with van der Waals surface area (Å²) in [6.45, 7) is 0.916. The lowest BCUT2D eigenvalue weighted by atomic mass is 10.2. The van der Waals surface area contributed by atoms with Crippen molar-refractivity contribution >= 4 is 27.6 Å². The SMILES string of the molecule is COc1cc(OC)c(C=NNc2ccc(S(=O)(=O)N3CCOCC3)cc2[N+](=O)[O-])c(OC)c1. The molecule has 1 heterocycles. The first-order chi connectivity index (χ1) is 15.8. The maximum Gasteiger partial charge on any atom is 0.295 e. The molecule has 12 nitrogen and oxygen atoms in total. The minimum absolute atomic E-state index is 0.0172. The Balaban J connectivity index is 1.89. The molecule has 2 aromatic rings. The summed E-state index contributed by atoms with van der Waals surface area (Å²) in [5.74, 6) is 1.35. The molecule has 2 aromatic carbocycles. The average molecular weight is 480 g/mol. The minimum Gasteiger partial charge on any atom is -0.496 e. The molecule has 0 radical (unpaired) electrons. The summed E-state index contributed by atoms with van der Waals surface area (Å²) in [4.78, 5) is 10.8. The lowest BCUT2D eigenvalue weighted by Crippen LogP contribution is -2.40. The number of ether oxygens (including phenoxy) is 4. The second-order valence-corrected chi connectivity index (χ2v) is 8.71. The van der Waals surface area contributed by atoms with Gasteiger partial charge in [-0.05, 0) is 12.1 Å². The third-order valence-electron chi connectivity index (χ3n) is 4.91. The highest BCUT2D eigenvalue weighted by molar-refractivity contribution is 7.89. The number of rotatable bonds is 9. The zero-order chi connectivity index (χ0) is 24.0. The molecule has 0 atom stereocenters. The molecule has 1 aliphatic heterocycles. The molecule has 1 saturated heterocycles. The predicted octanol–water partition coefficient (Wildman–Crippen LogP) is 2.09. The summed E-state index contributed by atoms with van der Waals surface area (Å²) in [6.07, 6.45) is 1.37. The van der Waals surface area contributed by atoms with Crippen LogP contribution in [-0.2, 0) is 14.8 Å². The van der Waals surface area contributed by atoms with Gasteiger partial charge in [0.2, 0.25) is 10.0 Å². The van der Waals surface area contributed by atoms with E-state index >= 15 is 0 Å². The number of hydrogen-bond donors (Lipinski definition) is 1. The summed E-state index contributed by atoms with van der Waals surface area (Å²) < 4.78 is 47.9. The van der Waals surface area contributed by atoms with E-state index in [1.165, 1.54) is 44.0 Å². The second kappa shape index (κ2) is 10.5. The molecule has 1 aliphatic rings. The van der Waals surface area contributed by atoms with E-state index in [1.807, 2.05) is 0 Å². The van der Waals surface area contributed by atoms with E-state index in [0.717, 1.165) is 6.07 Å². The smallest absolute Gasteiger partial charge is 0.295 e. The highest BCUT2D eigenvalue weighted by Gasteiger charge is 2.28. The van der Waals surface area contributed by atoms with Crippen LogP contribution in [0.3, 0.4) is 0 Å². The van der Waals surface area contributed by atoms with Crippen molar-refractivity contribution in [3.8, 4) is 17.2 Å². The van der Waals surface area contributed by atoms with Gasteiger partial charge in [-0.25, -0.2) is 8.42 Å². The van der Waals surface area contributed by atoms with Crippen LogP contribution in [0.4, 0.5) is 11.4 Å². The lowest BCUT2D eigenvalue weighted by molar-refractivity contribution is -0.384. The van der Waals surface area contributed by atoms with Crippen LogP contribution in [-0.4, -0.2) is 71.5 Å². The topological polar surface area (TPSA) is 142 Å². The summed E-state index contributed by atoms with van der Waals surface area (Å²) in [7, 11) is 0.560. The highest BCUT2D eigenvalue weighted by atomic mass is 32.2. The van der Waals surface area contributed by atoms with E-state index in [2.05, 4.69) is 10.5 Å². The number of nitrogens with one attached hydrogen (secondary N) is 1. The van der Waals surface area contributed by atoms with E-state index < -0.39 is 20.6 Å². The third kappa shape index (κ3) is 5.32. The first-order valence-corrected chi connectivity index (χ1v) is 11.2. The molecule has 0 amide bonds. The van der Waals surface area contributed by atoms with Crippen molar-refractivity contribution in [1.82, 2.24) is 4.31 Å². The Labute approximate surface area is 190 Å². The van der Waals surface area contributed by atoms with Gasteiger partial charge in [-0.2, -0.15) is 9.41 Å². The number of hydrogen-bond acceptors (Lipinski definition) is 10. The summed E-state index contributed by atoms with van der Waals surface area (Å²) in [5.41, 5.74) is 2.65. The lowest BCUT2D eigenvalue weighted by Gasteiger charge is -2.26. The van der Waals surface area contributed by atoms with Crippen LogP contribution in [0.5, 0.6) is 17.2 Å². The monoisotopic (exact) mass is 480 g/mol. The molecule has 13 heteroatoms. The first kappa shape index (κ1) is 24.2. The quantitative estimate of drug-likeness (QED) is 0.324. The van der Waals surface area contributed by atoms with Gasteiger partial charge >= 0.3 is 0 Å². The van der Waals surface area contributed by atoms with Crippen molar-refractivity contribution in [3.63, 3.8) is 0 Å². The molecule has 1 fully saturated rings. The zero-order valence-electron chi connectivity index (χ0n) is 18.3. The van der Waals surface area contributed by atoms with E-state index in [0.29, 0.717) is 22.8 Å². The number of nitro groups is 1. The van der Waals surface area contributed by atoms with Crippen molar-refractivity contribution in [1.29, 1.82) is 0 Å². The van der Waals surface area contributed by atoms with E-state index in [9.17, 15) is 18.5 Å². The Kier molecular flexibility index (Phi) is 7.68. The van der Waals surface area contributed by atoms with E-state index in [1.54, 1.807) is 12.1 Å². The van der Waals surface area contributed by atoms with Crippen LogP contribution in [0, 0.1) is 10.1 Å². The van der Waals surface area contributed by atoms with Gasteiger partial charge in [0.15, 0.2) is 0 Å². The van der Waals surface area contributed by atoms with Gasteiger partial charge in [0.25, 0.3) is 5.69 Å². The fourth-order valence-corrected chi connectivity index (χ4v) is 4.61. The van der Waals surface area contributed by atoms with Crippen LogP contribution in [0.25, 0.3) is 0 Å². The maximum atomic E-state index is 12.8. The standard InChI is InChI=1S/C20H24N4O8S/c1-29-14-10-19(30-2)16(20(11-14)31-3)13-21-22-17-5-4-15(12-18(17)24(25)26)33(27,28)23-6-8-32-9-7-23/h4-5,10-13,22H,6-9H2,1-3H3. The number of anilines is 1. The molecule has 178 valence electrons. The maximum absolute atomic E-state index is 12.8. The second-order valence-electron chi connectivity index (χ2n) is 6.77. The Morgan fingerprint density at radius 2 is 1.73 bits per heavy atom. The third-order valence-corrected chi connectivity index (χ3v) is 6.80. The van der Waals surface area contributed by atoms with Gasteiger partial charge in [0, 0.05) is 31.3 Å². The van der Waals surface area contributed by atoms with E-state index in [-0.39, 0.29) is 36.9 Å². The minimum atomic E-state index is -3.89. The Bertz CT molecular complexity index is 1120. The predicted molar refractivity (Wildman–Crippen MR) is 120 cm³/mol. The van der Waals surface area contributed by atoms with Crippen molar-refractivity contribution < 1.29 is 32.3 Å². The first-order valence-electron chi connectivity index (χ1n) is 9.77. The van der Waals surface area contributed by atoms with Crippen LogP contribution in [0.15, 0.2) is 40.3 Å².